The highest BCUT2D eigenvalue weighted by atomic mass is 32.1. The van der Waals surface area contributed by atoms with Gasteiger partial charge in [0.1, 0.15) is 26.9 Å². The molecule has 3 aromatic heterocycles. The number of methoxy groups -OCH3 is 1. The Morgan fingerprint density at radius 3 is 2.63 bits per heavy atom. The van der Waals surface area contributed by atoms with Gasteiger partial charge in [-0.25, -0.2) is 19.9 Å². The smallest absolute Gasteiger partial charge is 0.274 e. The lowest BCUT2D eigenvalue weighted by Gasteiger charge is -2.12. The third-order valence-corrected chi connectivity index (χ3v) is 6.19. The molecule has 1 amide bonds. The number of rotatable bonds is 8. The van der Waals surface area contributed by atoms with E-state index >= 15 is 0 Å². The van der Waals surface area contributed by atoms with Crippen LogP contribution in [0.2, 0.25) is 0 Å². The van der Waals surface area contributed by atoms with Gasteiger partial charge in [0.05, 0.1) is 12.3 Å². The topological polar surface area (TPSA) is 102 Å². The van der Waals surface area contributed by atoms with Gasteiger partial charge in [-0.15, -0.1) is 0 Å². The number of carbonyl (C=O) groups is 1. The second-order valence-electron chi connectivity index (χ2n) is 7.59. The summed E-state index contributed by atoms with van der Waals surface area (Å²) >= 11 is 1.48. The van der Waals surface area contributed by atoms with Gasteiger partial charge in [0, 0.05) is 37.0 Å². The van der Waals surface area contributed by atoms with Crippen molar-refractivity contribution >= 4 is 39.1 Å². The van der Waals surface area contributed by atoms with Crippen molar-refractivity contribution < 1.29 is 9.53 Å². The fraction of sp³-hybridized carbons (Fsp3) is 0.115. The zero-order valence-corrected chi connectivity index (χ0v) is 19.7. The van der Waals surface area contributed by atoms with Gasteiger partial charge in [0.25, 0.3) is 5.91 Å². The first-order chi connectivity index (χ1) is 17.2. The Bertz CT molecular complexity index is 1440. The molecular weight excluding hydrogens is 460 g/mol. The highest BCUT2D eigenvalue weighted by Crippen LogP contribution is 2.33. The van der Waals surface area contributed by atoms with Gasteiger partial charge in [0.15, 0.2) is 5.82 Å². The highest BCUT2D eigenvalue weighted by molar-refractivity contribution is 7.21. The van der Waals surface area contributed by atoms with Crippen LogP contribution < -0.4 is 10.6 Å². The van der Waals surface area contributed by atoms with Gasteiger partial charge >= 0.3 is 0 Å². The molecule has 0 aliphatic rings. The van der Waals surface area contributed by atoms with Crippen LogP contribution in [-0.2, 0) is 4.74 Å². The van der Waals surface area contributed by atoms with Crippen LogP contribution in [0.5, 0.6) is 0 Å². The molecule has 0 aliphatic carbocycles. The monoisotopic (exact) mass is 482 g/mol. The molecular formula is C26H22N6O2S. The van der Waals surface area contributed by atoms with E-state index in [1.54, 1.807) is 19.4 Å². The SMILES string of the molecule is COCCNc1cc(C(=O)Nc2ccccc2-c2nc3cccnc3s2)nc(-c2ccccc2)n1. The third kappa shape index (κ3) is 5.16. The molecule has 9 heteroatoms. The average molecular weight is 483 g/mol. The summed E-state index contributed by atoms with van der Waals surface area (Å²) < 4.78 is 5.12. The van der Waals surface area contributed by atoms with E-state index in [9.17, 15) is 4.79 Å². The Morgan fingerprint density at radius 2 is 1.80 bits per heavy atom. The second kappa shape index (κ2) is 10.4. The molecule has 0 spiro atoms. The first-order valence-corrected chi connectivity index (χ1v) is 11.8. The van der Waals surface area contributed by atoms with E-state index in [4.69, 9.17) is 9.72 Å². The molecule has 5 aromatic rings. The van der Waals surface area contributed by atoms with Gasteiger partial charge in [-0.05, 0) is 24.3 Å². The fourth-order valence-corrected chi connectivity index (χ4v) is 4.45. The second-order valence-corrected chi connectivity index (χ2v) is 8.57. The Balaban J connectivity index is 1.47. The predicted octanol–water partition coefficient (Wildman–Crippen LogP) is 5.13. The first kappa shape index (κ1) is 22.6. The molecule has 0 saturated carbocycles. The number of hydrogen-bond donors (Lipinski definition) is 2. The molecule has 0 atom stereocenters. The van der Waals surface area contributed by atoms with Crippen LogP contribution in [0.25, 0.3) is 32.3 Å². The van der Waals surface area contributed by atoms with E-state index in [-0.39, 0.29) is 11.6 Å². The van der Waals surface area contributed by atoms with Crippen LogP contribution in [0.1, 0.15) is 10.5 Å². The number of thiazole rings is 1. The van der Waals surface area contributed by atoms with Crippen molar-refractivity contribution in [3.63, 3.8) is 0 Å². The van der Waals surface area contributed by atoms with Crippen LogP contribution in [0, 0.1) is 0 Å². The quantitative estimate of drug-likeness (QED) is 0.296. The van der Waals surface area contributed by atoms with E-state index in [2.05, 4.69) is 25.6 Å². The average Bonchev–Trinajstić information content (AvgIpc) is 3.34. The van der Waals surface area contributed by atoms with Crippen molar-refractivity contribution in [3.05, 3.63) is 84.7 Å². The molecule has 0 unspecified atom stereocenters. The molecule has 0 saturated heterocycles. The largest absolute Gasteiger partial charge is 0.383 e. The summed E-state index contributed by atoms with van der Waals surface area (Å²) in [5.41, 5.74) is 3.35. The minimum atomic E-state index is -0.342. The normalized spacial score (nSPS) is 10.9. The number of benzene rings is 2. The summed E-state index contributed by atoms with van der Waals surface area (Å²) in [7, 11) is 1.63. The summed E-state index contributed by atoms with van der Waals surface area (Å²) in [5, 5.41) is 6.98. The molecule has 2 N–H and O–H groups in total. The van der Waals surface area contributed by atoms with Crippen molar-refractivity contribution in [2.45, 2.75) is 0 Å². The number of para-hydroxylation sites is 1. The van der Waals surface area contributed by atoms with Gasteiger partial charge in [0.2, 0.25) is 0 Å². The molecule has 174 valence electrons. The van der Waals surface area contributed by atoms with E-state index in [0.29, 0.717) is 30.5 Å². The number of carbonyl (C=O) groups excluding carboxylic acids is 1. The van der Waals surface area contributed by atoms with Crippen LogP contribution in [0.15, 0.2) is 79.0 Å². The predicted molar refractivity (Wildman–Crippen MR) is 139 cm³/mol. The first-order valence-electron chi connectivity index (χ1n) is 11.0. The highest BCUT2D eigenvalue weighted by Gasteiger charge is 2.17. The lowest BCUT2D eigenvalue weighted by molar-refractivity contribution is 0.102. The third-order valence-electron chi connectivity index (χ3n) is 5.18. The molecule has 2 aromatic carbocycles. The standard InChI is InChI=1S/C26H22N6O2S/c1-34-15-14-27-22-16-21(29-23(32-22)17-8-3-2-4-9-17)24(33)30-19-11-6-5-10-18(19)25-31-20-12-7-13-28-26(20)35-25/h2-13,16H,14-15H2,1H3,(H,30,33)(H,27,29,32). The lowest BCUT2D eigenvalue weighted by Crippen LogP contribution is -2.17. The molecule has 5 rings (SSSR count). The Labute approximate surface area is 206 Å². The van der Waals surface area contributed by atoms with Gasteiger partial charge in [-0.3, -0.25) is 4.79 Å². The van der Waals surface area contributed by atoms with Crippen LogP contribution >= 0.6 is 11.3 Å². The van der Waals surface area contributed by atoms with Gasteiger partial charge in [-0.1, -0.05) is 53.8 Å². The van der Waals surface area contributed by atoms with Gasteiger partial charge < -0.3 is 15.4 Å². The van der Waals surface area contributed by atoms with Crippen molar-refractivity contribution in [1.29, 1.82) is 0 Å². The molecule has 0 bridgehead atoms. The van der Waals surface area contributed by atoms with Crippen LogP contribution in [0.3, 0.4) is 0 Å². The molecule has 8 nitrogen and oxygen atoms in total. The maximum Gasteiger partial charge on any atom is 0.274 e. The number of hydrogen-bond acceptors (Lipinski definition) is 8. The molecule has 0 fully saturated rings. The minimum absolute atomic E-state index is 0.250. The maximum atomic E-state index is 13.4. The summed E-state index contributed by atoms with van der Waals surface area (Å²) in [6.45, 7) is 1.06. The minimum Gasteiger partial charge on any atom is -0.383 e. The molecule has 0 radical (unpaired) electrons. The summed E-state index contributed by atoms with van der Waals surface area (Å²) in [5.74, 6) is 0.668. The number of anilines is 2. The van der Waals surface area contributed by atoms with E-state index in [1.807, 2.05) is 66.7 Å². The number of fused-ring (bicyclic) bond motifs is 1. The number of aromatic nitrogens is 4. The summed E-state index contributed by atoms with van der Waals surface area (Å²) in [4.78, 5) is 32.4. The number of nitrogens with zero attached hydrogens (tertiary/aromatic N) is 4. The maximum absolute atomic E-state index is 13.4. The number of ether oxygens (including phenoxy) is 1. The lowest BCUT2D eigenvalue weighted by atomic mass is 10.1. The van der Waals surface area contributed by atoms with Crippen molar-refractivity contribution in [1.82, 2.24) is 19.9 Å². The summed E-state index contributed by atoms with van der Waals surface area (Å²) in [6.07, 6.45) is 1.75. The molecule has 3 heterocycles. The molecule has 0 aliphatic heterocycles. The van der Waals surface area contributed by atoms with Crippen LogP contribution in [-0.4, -0.2) is 46.1 Å². The Hall–Kier alpha value is -4.21. The van der Waals surface area contributed by atoms with E-state index < -0.39 is 0 Å². The van der Waals surface area contributed by atoms with E-state index in [0.717, 1.165) is 26.5 Å². The molecule has 35 heavy (non-hydrogen) atoms. The zero-order chi connectivity index (χ0) is 24.0. The number of amides is 1. The van der Waals surface area contributed by atoms with Crippen LogP contribution in [0.4, 0.5) is 11.5 Å². The fourth-order valence-electron chi connectivity index (χ4n) is 3.50. The number of nitrogens with one attached hydrogen (secondary N) is 2. The summed E-state index contributed by atoms with van der Waals surface area (Å²) in [6, 6.07) is 22.6. The van der Waals surface area contributed by atoms with Crippen molar-refractivity contribution in [3.8, 4) is 22.0 Å². The van der Waals surface area contributed by atoms with Crippen molar-refractivity contribution in [2.75, 3.05) is 30.9 Å². The van der Waals surface area contributed by atoms with Gasteiger partial charge in [-0.2, -0.15) is 0 Å². The van der Waals surface area contributed by atoms with Crippen molar-refractivity contribution in [2.24, 2.45) is 0 Å². The Morgan fingerprint density at radius 1 is 0.971 bits per heavy atom. The number of pyridine rings is 1. The Kier molecular flexibility index (Phi) is 6.69. The zero-order valence-electron chi connectivity index (χ0n) is 18.9. The van der Waals surface area contributed by atoms with E-state index in [1.165, 1.54) is 11.3 Å².